The van der Waals surface area contributed by atoms with Crippen molar-refractivity contribution >= 4 is 15.8 Å². The summed E-state index contributed by atoms with van der Waals surface area (Å²) in [6, 6.07) is 5.48. The van der Waals surface area contributed by atoms with Gasteiger partial charge >= 0.3 is 5.97 Å². The Kier molecular flexibility index (Phi) is 9.78. The van der Waals surface area contributed by atoms with Gasteiger partial charge in [-0.3, -0.25) is 4.79 Å². The molecule has 1 saturated heterocycles. The van der Waals surface area contributed by atoms with E-state index in [0.29, 0.717) is 61.2 Å². The lowest BCUT2D eigenvalue weighted by atomic mass is 9.38. The molecule has 0 amide bonds. The lowest BCUT2D eigenvalue weighted by Gasteiger charge is -2.67. The summed E-state index contributed by atoms with van der Waals surface area (Å²) in [5.74, 6) is 4.00. The van der Waals surface area contributed by atoms with Gasteiger partial charge in [0.25, 0.3) is 0 Å². The Morgan fingerprint density at radius 1 is 0.925 bits per heavy atom. The minimum atomic E-state index is -2.99. The summed E-state index contributed by atoms with van der Waals surface area (Å²) in [6.07, 6.45) is 22.4. The quantitative estimate of drug-likeness (QED) is 0.233. The molecule has 1 aliphatic heterocycles. The predicted molar refractivity (Wildman–Crippen MR) is 207 cm³/mol. The third kappa shape index (κ3) is 6.54. The van der Waals surface area contributed by atoms with Crippen molar-refractivity contribution in [3.8, 4) is 5.88 Å². The van der Waals surface area contributed by atoms with Crippen LogP contribution in [0.25, 0.3) is 0 Å². The summed E-state index contributed by atoms with van der Waals surface area (Å²) in [5, 5.41) is 25.6. The van der Waals surface area contributed by atoms with Crippen molar-refractivity contribution in [3.63, 3.8) is 0 Å². The van der Waals surface area contributed by atoms with E-state index < -0.39 is 26.8 Å². The molecule has 292 valence electrons. The number of aliphatic hydroxyl groups is 1. The Morgan fingerprint density at radius 3 is 2.43 bits per heavy atom. The van der Waals surface area contributed by atoms with Crippen molar-refractivity contribution in [2.75, 3.05) is 24.7 Å². The first-order valence-corrected chi connectivity index (χ1v) is 22.9. The third-order valence-electron chi connectivity index (χ3n) is 17.1. The second-order valence-corrected chi connectivity index (χ2v) is 21.7. The highest BCUT2D eigenvalue weighted by Crippen LogP contribution is 2.71. The van der Waals surface area contributed by atoms with E-state index in [9.17, 15) is 23.4 Å². The number of rotatable bonds is 9. The van der Waals surface area contributed by atoms with Gasteiger partial charge in [-0.2, -0.15) is 0 Å². The molecule has 2 heterocycles. The van der Waals surface area contributed by atoms with Gasteiger partial charge in [0.05, 0.1) is 17.1 Å². The van der Waals surface area contributed by atoms with Crippen LogP contribution in [0.4, 0.5) is 0 Å². The maximum absolute atomic E-state index is 12.6. The van der Waals surface area contributed by atoms with Crippen molar-refractivity contribution < 1.29 is 28.2 Å². The number of aromatic nitrogens is 1. The number of allylic oxidation sites excluding steroid dienone is 4. The Labute approximate surface area is 318 Å². The topological polar surface area (TPSA) is 126 Å². The fourth-order valence-corrected chi connectivity index (χ4v) is 15.7. The minimum absolute atomic E-state index is 0.116. The van der Waals surface area contributed by atoms with Crippen molar-refractivity contribution in [1.82, 2.24) is 10.3 Å². The average molecular weight is 749 g/mol. The zero-order valence-electron chi connectivity index (χ0n) is 32.5. The number of fused-ring (bicyclic) bond motifs is 7. The van der Waals surface area contributed by atoms with Crippen LogP contribution in [0, 0.1) is 51.8 Å². The molecule has 9 heteroatoms. The fraction of sp³-hybridized carbons (Fsp3) is 0.773. The van der Waals surface area contributed by atoms with E-state index in [-0.39, 0.29) is 29.1 Å². The number of pyridine rings is 1. The number of hydrogen-bond donors (Lipinski definition) is 3. The van der Waals surface area contributed by atoms with Crippen LogP contribution in [-0.2, 0) is 14.6 Å². The zero-order chi connectivity index (χ0) is 37.3. The molecule has 3 N–H and O–H groups in total. The van der Waals surface area contributed by atoms with E-state index in [1.54, 1.807) is 12.3 Å². The molecule has 7 aliphatic rings. The predicted octanol–water partition coefficient (Wildman–Crippen LogP) is 7.93. The molecule has 6 aliphatic carbocycles. The fourth-order valence-electron chi connectivity index (χ4n) is 14.1. The van der Waals surface area contributed by atoms with E-state index in [0.717, 1.165) is 37.1 Å². The zero-order valence-corrected chi connectivity index (χ0v) is 33.3. The highest BCUT2D eigenvalue weighted by molar-refractivity contribution is 7.91. The van der Waals surface area contributed by atoms with Gasteiger partial charge < -0.3 is 20.3 Å². The molecule has 0 aromatic carbocycles. The summed E-state index contributed by atoms with van der Waals surface area (Å²) in [5.41, 5.74) is 1.89. The van der Waals surface area contributed by atoms with Crippen LogP contribution in [0.3, 0.4) is 0 Å². The van der Waals surface area contributed by atoms with E-state index in [4.69, 9.17) is 4.74 Å². The monoisotopic (exact) mass is 748 g/mol. The molecule has 8 rings (SSSR count). The molecule has 0 bridgehead atoms. The maximum atomic E-state index is 12.6. The first-order valence-electron chi connectivity index (χ1n) is 21.1. The minimum Gasteiger partial charge on any atom is -0.481 e. The Hall–Kier alpha value is -2.23. The van der Waals surface area contributed by atoms with Gasteiger partial charge in [0.15, 0.2) is 9.84 Å². The van der Waals surface area contributed by atoms with Gasteiger partial charge in [-0.1, -0.05) is 45.4 Å². The maximum Gasteiger partial charge on any atom is 0.313 e. The Bertz CT molecular complexity index is 1710. The number of carboxylic acid groups (broad SMARTS) is 1. The van der Waals surface area contributed by atoms with Gasteiger partial charge in [0.2, 0.25) is 5.88 Å². The Morgan fingerprint density at radius 2 is 1.72 bits per heavy atom. The molecule has 53 heavy (non-hydrogen) atoms. The smallest absolute Gasteiger partial charge is 0.313 e. The van der Waals surface area contributed by atoms with Crippen LogP contribution in [-0.4, -0.2) is 65.4 Å². The number of nitrogens with one attached hydrogen (secondary N) is 1. The Balaban J connectivity index is 0.939. The first kappa shape index (κ1) is 37.7. The summed E-state index contributed by atoms with van der Waals surface area (Å²) in [7, 11) is -2.99. The molecule has 1 aromatic heterocycles. The van der Waals surface area contributed by atoms with Gasteiger partial charge in [-0.15, -0.1) is 0 Å². The molecule has 4 saturated carbocycles. The van der Waals surface area contributed by atoms with Crippen LogP contribution in [0.15, 0.2) is 47.7 Å². The number of nitrogens with zero attached hydrogens (tertiary/aromatic N) is 1. The van der Waals surface area contributed by atoms with Crippen molar-refractivity contribution in [1.29, 1.82) is 0 Å². The summed E-state index contributed by atoms with van der Waals surface area (Å²) >= 11 is 0. The molecule has 0 radical (unpaired) electrons. The molecule has 1 aromatic rings. The largest absolute Gasteiger partial charge is 0.481 e. The summed E-state index contributed by atoms with van der Waals surface area (Å²) in [4.78, 5) is 16.8. The molecule has 0 spiro atoms. The van der Waals surface area contributed by atoms with Crippen LogP contribution in [0.2, 0.25) is 0 Å². The van der Waals surface area contributed by atoms with Gasteiger partial charge in [0.1, 0.15) is 12.0 Å². The standard InChI is InChI=1S/C44H64N2O6S/c1-30-32(31-11-19-42(20-12-31,39(47)48)29-52-38-8-4-5-25-45-38)13-17-40(2)34(30)14-18-41(3)35-15-21-44(16-6-7-36(44)33(35)9-10-37(40)41)46-26-22-43(49)23-27-53(50,51)28-24-43/h4-5,8,11,13,25,30,33-37,46,49H,6-7,9-10,12,14-24,26-29H2,1-3H3,(H,47,48)/t30?,33-,34?,35?,36+,37?,40-,41-,42?,44-/m0/s1. The molecule has 8 nitrogen and oxygen atoms in total. The second kappa shape index (κ2) is 13.8. The van der Waals surface area contributed by atoms with Crippen molar-refractivity contribution in [2.24, 2.45) is 51.8 Å². The number of carboxylic acids is 1. The number of ether oxygens (including phenoxy) is 1. The lowest BCUT2D eigenvalue weighted by molar-refractivity contribution is -0.166. The molecule has 5 unspecified atom stereocenters. The van der Waals surface area contributed by atoms with Crippen molar-refractivity contribution in [3.05, 3.63) is 47.7 Å². The second-order valence-electron chi connectivity index (χ2n) is 19.4. The number of carbonyl (C=O) groups is 1. The number of aliphatic carboxylic acids is 1. The van der Waals surface area contributed by atoms with Gasteiger partial charge in [-0.05, 0) is 166 Å². The SMILES string of the molecule is CC1C(C2=CCC(COc3ccccn3)(C(=O)O)CC2)=CC[C@@]2(C)C1CC[C@@]1(C)C3CC[C@@]4(NCCC5(O)CCS(=O)(=O)CC5)CCC[C@@H]4[C@H]3CCC21. The van der Waals surface area contributed by atoms with E-state index in [1.807, 2.05) is 12.1 Å². The number of sulfone groups is 1. The van der Waals surface area contributed by atoms with Gasteiger partial charge in [0, 0.05) is 17.8 Å². The normalized spacial score (nSPS) is 42.9. The lowest BCUT2D eigenvalue weighted by Crippen LogP contribution is -2.63. The average Bonchev–Trinajstić information content (AvgIpc) is 3.57. The van der Waals surface area contributed by atoms with Crippen LogP contribution >= 0.6 is 0 Å². The molecule has 10 atom stereocenters. The van der Waals surface area contributed by atoms with E-state index in [1.165, 1.54) is 68.9 Å². The summed E-state index contributed by atoms with van der Waals surface area (Å²) in [6.45, 7) is 8.70. The first-order chi connectivity index (χ1) is 25.2. The highest BCUT2D eigenvalue weighted by Gasteiger charge is 2.64. The van der Waals surface area contributed by atoms with Crippen LogP contribution in [0.5, 0.6) is 5.88 Å². The third-order valence-corrected chi connectivity index (χ3v) is 18.8. The van der Waals surface area contributed by atoms with Crippen LogP contribution < -0.4 is 10.1 Å². The van der Waals surface area contributed by atoms with Gasteiger partial charge in [-0.25, -0.2) is 13.4 Å². The number of hydrogen-bond acceptors (Lipinski definition) is 7. The van der Waals surface area contributed by atoms with E-state index in [2.05, 4.69) is 43.2 Å². The van der Waals surface area contributed by atoms with Crippen LogP contribution in [0.1, 0.15) is 124 Å². The molecular weight excluding hydrogens is 685 g/mol. The highest BCUT2D eigenvalue weighted by atomic mass is 32.2. The van der Waals surface area contributed by atoms with Crippen molar-refractivity contribution in [2.45, 2.75) is 135 Å². The molecular formula is C44H64N2O6S. The molecule has 5 fully saturated rings. The van der Waals surface area contributed by atoms with E-state index >= 15 is 0 Å². The summed E-state index contributed by atoms with van der Waals surface area (Å²) < 4.78 is 29.9.